The molecule has 4 rings (SSSR count). The second-order valence-electron chi connectivity index (χ2n) is 9.19. The fourth-order valence-corrected chi connectivity index (χ4v) is 5.19. The van der Waals surface area contributed by atoms with Crippen LogP contribution in [-0.2, 0) is 12.8 Å². The summed E-state index contributed by atoms with van der Waals surface area (Å²) < 4.78 is 29.4. The molecule has 3 heteroatoms. The Balaban J connectivity index is 1.32. The maximum Gasteiger partial charge on any atom is 0.134 e. The molecule has 1 fully saturated rings. The topological polar surface area (TPSA) is 0 Å². The van der Waals surface area contributed by atoms with E-state index in [4.69, 9.17) is 11.6 Å². The first-order valence-electron chi connectivity index (χ1n) is 11.9. The summed E-state index contributed by atoms with van der Waals surface area (Å²) in [5, 5.41) is 0.550. The summed E-state index contributed by atoms with van der Waals surface area (Å²) in [5.41, 5.74) is 4.16. The summed E-state index contributed by atoms with van der Waals surface area (Å²) in [6.45, 7) is 2.21. The van der Waals surface area contributed by atoms with E-state index in [2.05, 4.69) is 31.2 Å². The van der Waals surface area contributed by atoms with Gasteiger partial charge in [-0.15, -0.1) is 0 Å². The third kappa shape index (κ3) is 5.59. The third-order valence-corrected chi connectivity index (χ3v) is 7.16. The highest BCUT2D eigenvalue weighted by Gasteiger charge is 2.22. The summed E-state index contributed by atoms with van der Waals surface area (Å²) in [6.07, 6.45) is 8.82. The van der Waals surface area contributed by atoms with Gasteiger partial charge in [-0.25, -0.2) is 8.78 Å². The minimum Gasteiger partial charge on any atom is -0.206 e. The van der Waals surface area contributed by atoms with Crippen molar-refractivity contribution < 1.29 is 8.78 Å². The second-order valence-corrected chi connectivity index (χ2v) is 9.63. The first-order chi connectivity index (χ1) is 15.5. The maximum atomic E-state index is 14.7. The van der Waals surface area contributed by atoms with Crippen molar-refractivity contribution >= 4 is 11.6 Å². The molecule has 0 radical (unpaired) electrons. The highest BCUT2D eigenvalue weighted by atomic mass is 35.5. The van der Waals surface area contributed by atoms with E-state index in [0.29, 0.717) is 22.4 Å². The number of hydrogen-bond acceptors (Lipinski definition) is 0. The molecule has 32 heavy (non-hydrogen) atoms. The zero-order valence-corrected chi connectivity index (χ0v) is 19.5. The monoisotopic (exact) mass is 452 g/mol. The van der Waals surface area contributed by atoms with Crippen molar-refractivity contribution in [3.63, 3.8) is 0 Å². The molecular formula is C29H31ClF2. The molecule has 3 aromatic rings. The lowest BCUT2D eigenvalue weighted by Crippen LogP contribution is -2.14. The predicted octanol–water partition coefficient (Wildman–Crippen LogP) is 9.14. The Morgan fingerprint density at radius 2 is 1.41 bits per heavy atom. The number of aryl methyl sites for hydroxylation is 2. The van der Waals surface area contributed by atoms with Crippen molar-refractivity contribution in [1.82, 2.24) is 0 Å². The summed E-state index contributed by atoms with van der Waals surface area (Å²) in [7, 11) is 0. The Bertz CT molecular complexity index is 993. The van der Waals surface area contributed by atoms with Gasteiger partial charge in [0.25, 0.3) is 0 Å². The summed E-state index contributed by atoms with van der Waals surface area (Å²) >= 11 is 5.89. The Morgan fingerprint density at radius 3 is 2.00 bits per heavy atom. The average Bonchev–Trinajstić information content (AvgIpc) is 2.80. The molecule has 0 aromatic heterocycles. The molecule has 0 N–H and O–H groups in total. The van der Waals surface area contributed by atoms with E-state index in [-0.39, 0.29) is 5.56 Å². The van der Waals surface area contributed by atoms with Crippen LogP contribution in [0.4, 0.5) is 8.78 Å². The van der Waals surface area contributed by atoms with Gasteiger partial charge in [0.05, 0.1) is 5.56 Å². The predicted molar refractivity (Wildman–Crippen MR) is 130 cm³/mol. The Morgan fingerprint density at radius 1 is 0.781 bits per heavy atom. The molecule has 0 nitrogen and oxygen atoms in total. The van der Waals surface area contributed by atoms with Gasteiger partial charge in [-0.05, 0) is 103 Å². The highest BCUT2D eigenvalue weighted by Crippen LogP contribution is 2.38. The molecule has 168 valence electrons. The normalized spacial score (nSPS) is 18.6. The fourth-order valence-electron chi connectivity index (χ4n) is 5.06. The number of benzene rings is 3. The van der Waals surface area contributed by atoms with Crippen LogP contribution in [0.2, 0.25) is 5.02 Å². The molecule has 0 heterocycles. The largest absolute Gasteiger partial charge is 0.206 e. The van der Waals surface area contributed by atoms with Crippen LogP contribution in [0.25, 0.3) is 11.1 Å². The molecule has 0 unspecified atom stereocenters. The van der Waals surface area contributed by atoms with Gasteiger partial charge in [0, 0.05) is 5.02 Å². The van der Waals surface area contributed by atoms with Crippen molar-refractivity contribution in [2.45, 2.75) is 64.2 Å². The van der Waals surface area contributed by atoms with Crippen LogP contribution >= 0.6 is 11.6 Å². The smallest absolute Gasteiger partial charge is 0.134 e. The number of rotatable bonds is 7. The van der Waals surface area contributed by atoms with Crippen LogP contribution in [0.15, 0.2) is 60.7 Å². The van der Waals surface area contributed by atoms with Crippen molar-refractivity contribution in [3.8, 4) is 11.1 Å². The van der Waals surface area contributed by atoms with E-state index >= 15 is 0 Å². The zero-order valence-electron chi connectivity index (χ0n) is 18.7. The second kappa shape index (κ2) is 10.6. The molecular weight excluding hydrogens is 422 g/mol. The van der Waals surface area contributed by atoms with Crippen molar-refractivity contribution in [2.24, 2.45) is 5.92 Å². The standard InChI is InChI=1S/C29H31ClF2/c1-2-3-20-6-10-23(11-7-20)24-12-8-21(9-13-24)4-5-22-18-27(31)29(28(32)19-22)25-14-16-26(30)17-15-25/h6-7,10-11,14-19,21,24H,2-5,8-9,12-13H2,1H3/t21-,24-. The molecule has 0 spiro atoms. The zero-order chi connectivity index (χ0) is 22.5. The molecule has 3 aromatic carbocycles. The third-order valence-electron chi connectivity index (χ3n) is 6.91. The summed E-state index contributed by atoms with van der Waals surface area (Å²) in [6, 6.07) is 18.8. The van der Waals surface area contributed by atoms with Gasteiger partial charge >= 0.3 is 0 Å². The van der Waals surface area contributed by atoms with E-state index in [1.807, 2.05) is 0 Å². The molecule has 0 amide bonds. The van der Waals surface area contributed by atoms with Crippen LogP contribution < -0.4 is 0 Å². The van der Waals surface area contributed by atoms with Crippen molar-refractivity contribution in [3.05, 3.63) is 94.0 Å². The van der Waals surface area contributed by atoms with Crippen LogP contribution in [0.1, 0.15) is 68.1 Å². The van der Waals surface area contributed by atoms with Gasteiger partial charge in [0.2, 0.25) is 0 Å². The van der Waals surface area contributed by atoms with Crippen molar-refractivity contribution in [2.75, 3.05) is 0 Å². The van der Waals surface area contributed by atoms with Gasteiger partial charge in [-0.1, -0.05) is 61.3 Å². The van der Waals surface area contributed by atoms with E-state index < -0.39 is 11.6 Å². The Hall–Kier alpha value is -2.19. The first-order valence-corrected chi connectivity index (χ1v) is 12.2. The lowest BCUT2D eigenvalue weighted by atomic mass is 9.76. The lowest BCUT2D eigenvalue weighted by Gasteiger charge is -2.29. The van der Waals surface area contributed by atoms with Crippen LogP contribution in [0.5, 0.6) is 0 Å². The minimum atomic E-state index is -0.502. The summed E-state index contributed by atoms with van der Waals surface area (Å²) in [4.78, 5) is 0. The van der Waals surface area contributed by atoms with E-state index in [1.54, 1.807) is 24.3 Å². The molecule has 1 aliphatic rings. The average molecular weight is 453 g/mol. The first kappa shape index (κ1) is 23.0. The Kier molecular flexibility index (Phi) is 7.63. The van der Waals surface area contributed by atoms with Crippen LogP contribution in [0.3, 0.4) is 0 Å². The van der Waals surface area contributed by atoms with Gasteiger partial charge in [0.1, 0.15) is 11.6 Å². The Labute approximate surface area is 195 Å². The van der Waals surface area contributed by atoms with Crippen molar-refractivity contribution in [1.29, 1.82) is 0 Å². The molecule has 0 bridgehead atoms. The van der Waals surface area contributed by atoms with Gasteiger partial charge in [-0.3, -0.25) is 0 Å². The minimum absolute atomic E-state index is 0.0240. The van der Waals surface area contributed by atoms with Crippen LogP contribution in [-0.4, -0.2) is 0 Å². The SMILES string of the molecule is CCCc1ccc([C@H]2CC[C@H](CCc3cc(F)c(-c4ccc(Cl)cc4)c(F)c3)CC2)cc1. The van der Waals surface area contributed by atoms with Gasteiger partial charge in [-0.2, -0.15) is 0 Å². The molecule has 1 aliphatic carbocycles. The van der Waals surface area contributed by atoms with E-state index in [1.165, 1.54) is 55.4 Å². The highest BCUT2D eigenvalue weighted by molar-refractivity contribution is 6.30. The molecule has 0 aliphatic heterocycles. The molecule has 0 atom stereocenters. The van der Waals surface area contributed by atoms with E-state index in [9.17, 15) is 8.78 Å². The fraction of sp³-hybridized carbons (Fsp3) is 0.379. The van der Waals surface area contributed by atoms with Gasteiger partial charge < -0.3 is 0 Å². The van der Waals surface area contributed by atoms with Gasteiger partial charge in [0.15, 0.2) is 0 Å². The van der Waals surface area contributed by atoms with E-state index in [0.717, 1.165) is 24.8 Å². The quantitative estimate of drug-likeness (QED) is 0.335. The summed E-state index contributed by atoms with van der Waals surface area (Å²) in [5.74, 6) is 0.276. The lowest BCUT2D eigenvalue weighted by molar-refractivity contribution is 0.310. The number of hydrogen-bond donors (Lipinski definition) is 0. The van der Waals surface area contributed by atoms with Crippen LogP contribution in [0, 0.1) is 17.6 Å². The molecule has 1 saturated carbocycles. The number of halogens is 3. The maximum absolute atomic E-state index is 14.7. The molecule has 0 saturated heterocycles.